The third-order valence-corrected chi connectivity index (χ3v) is 3.41. The molecule has 21 heavy (non-hydrogen) atoms. The number of likely N-dealkylation sites (tertiary alicyclic amines) is 1. The average molecular weight is 293 g/mol. The summed E-state index contributed by atoms with van der Waals surface area (Å²) in [5, 5.41) is 0. The van der Waals surface area contributed by atoms with Gasteiger partial charge in [-0.25, -0.2) is 9.97 Å². The minimum Gasteiger partial charge on any atom is -0.477 e. The maximum atomic E-state index is 12.4. The first kappa shape index (κ1) is 15.5. The smallest absolute Gasteiger partial charge is 0.278 e. The lowest BCUT2D eigenvalue weighted by Gasteiger charge is -2.36. The molecule has 0 spiro atoms. The van der Waals surface area contributed by atoms with Gasteiger partial charge in [-0.1, -0.05) is 20.8 Å². The molecule has 1 aromatic heterocycles. The van der Waals surface area contributed by atoms with Crippen molar-refractivity contribution in [1.29, 1.82) is 0 Å². The molecule has 2 heterocycles. The standard InChI is InChI=1S/C15H23N3O3/c1-15(2,3)14(19)18-9-5-6-11(10-18)21-13-12(20-4)16-7-8-17-13/h7-8,11H,5-6,9-10H2,1-4H3. The Kier molecular flexibility index (Phi) is 4.65. The highest BCUT2D eigenvalue weighted by Gasteiger charge is 2.32. The third kappa shape index (κ3) is 3.83. The molecule has 0 aromatic carbocycles. The summed E-state index contributed by atoms with van der Waals surface area (Å²) in [5.41, 5.74) is -0.369. The van der Waals surface area contributed by atoms with E-state index in [4.69, 9.17) is 9.47 Å². The Bertz CT molecular complexity index is 499. The molecule has 6 heteroatoms. The van der Waals surface area contributed by atoms with Gasteiger partial charge in [-0.3, -0.25) is 4.79 Å². The Balaban J connectivity index is 2.03. The number of carbonyl (C=O) groups is 1. The highest BCUT2D eigenvalue weighted by molar-refractivity contribution is 5.81. The van der Waals surface area contributed by atoms with E-state index in [0.717, 1.165) is 19.4 Å². The summed E-state index contributed by atoms with van der Waals surface area (Å²) >= 11 is 0. The SMILES string of the molecule is COc1nccnc1OC1CCCN(C(=O)C(C)(C)C)C1. The quantitative estimate of drug-likeness (QED) is 0.851. The molecule has 0 bridgehead atoms. The fourth-order valence-corrected chi connectivity index (χ4v) is 2.38. The Hall–Kier alpha value is -1.85. The van der Waals surface area contributed by atoms with Crippen molar-refractivity contribution in [3.63, 3.8) is 0 Å². The van der Waals surface area contributed by atoms with Gasteiger partial charge in [0.05, 0.1) is 13.7 Å². The first-order chi connectivity index (χ1) is 9.91. The number of hydrogen-bond acceptors (Lipinski definition) is 5. The van der Waals surface area contributed by atoms with Crippen molar-refractivity contribution in [1.82, 2.24) is 14.9 Å². The van der Waals surface area contributed by atoms with Crippen LogP contribution in [0.4, 0.5) is 0 Å². The van der Waals surface area contributed by atoms with E-state index in [-0.39, 0.29) is 17.4 Å². The monoisotopic (exact) mass is 293 g/mol. The number of methoxy groups -OCH3 is 1. The molecule has 1 aliphatic heterocycles. The topological polar surface area (TPSA) is 64.6 Å². The van der Waals surface area contributed by atoms with Gasteiger partial charge in [-0.15, -0.1) is 0 Å². The van der Waals surface area contributed by atoms with E-state index in [1.54, 1.807) is 12.4 Å². The summed E-state index contributed by atoms with van der Waals surface area (Å²) in [6, 6.07) is 0. The predicted octanol–water partition coefficient (Wildman–Crippen LogP) is 1.90. The van der Waals surface area contributed by atoms with Gasteiger partial charge in [0.15, 0.2) is 0 Å². The summed E-state index contributed by atoms with van der Waals surface area (Å²) in [6.07, 6.45) is 4.87. The van der Waals surface area contributed by atoms with E-state index >= 15 is 0 Å². The minimum atomic E-state index is -0.369. The lowest BCUT2D eigenvalue weighted by molar-refractivity contribution is -0.142. The number of rotatable bonds is 3. The molecule has 1 amide bonds. The second-order valence-corrected chi connectivity index (χ2v) is 6.25. The number of ether oxygens (including phenoxy) is 2. The van der Waals surface area contributed by atoms with E-state index in [9.17, 15) is 4.79 Å². The number of carbonyl (C=O) groups excluding carboxylic acids is 1. The van der Waals surface area contributed by atoms with E-state index in [0.29, 0.717) is 18.3 Å². The molecule has 116 valence electrons. The van der Waals surface area contributed by atoms with Gasteiger partial charge in [0.25, 0.3) is 11.8 Å². The lowest BCUT2D eigenvalue weighted by Crippen LogP contribution is -2.48. The molecule has 1 saturated heterocycles. The van der Waals surface area contributed by atoms with Gasteiger partial charge in [0.2, 0.25) is 5.91 Å². The van der Waals surface area contributed by atoms with Crippen molar-refractivity contribution in [2.75, 3.05) is 20.2 Å². The van der Waals surface area contributed by atoms with Crippen molar-refractivity contribution < 1.29 is 14.3 Å². The van der Waals surface area contributed by atoms with Gasteiger partial charge in [-0.05, 0) is 12.8 Å². The summed E-state index contributed by atoms with van der Waals surface area (Å²) in [5.74, 6) is 0.911. The maximum absolute atomic E-state index is 12.4. The van der Waals surface area contributed by atoms with Gasteiger partial charge < -0.3 is 14.4 Å². The summed E-state index contributed by atoms with van der Waals surface area (Å²) in [4.78, 5) is 22.4. The molecular formula is C15H23N3O3. The van der Waals surface area contributed by atoms with Crippen LogP contribution in [0.2, 0.25) is 0 Å². The van der Waals surface area contributed by atoms with E-state index < -0.39 is 0 Å². The largest absolute Gasteiger partial charge is 0.477 e. The van der Waals surface area contributed by atoms with Crippen LogP contribution < -0.4 is 9.47 Å². The molecule has 1 aliphatic rings. The first-order valence-electron chi connectivity index (χ1n) is 7.23. The van der Waals surface area contributed by atoms with Gasteiger partial charge in [0, 0.05) is 24.4 Å². The van der Waals surface area contributed by atoms with Crippen LogP contribution in [0.3, 0.4) is 0 Å². The normalized spacial score (nSPS) is 19.2. The van der Waals surface area contributed by atoms with Crippen LogP contribution in [0, 0.1) is 5.41 Å². The highest BCUT2D eigenvalue weighted by atomic mass is 16.5. The number of amides is 1. The Labute approximate surface area is 125 Å². The molecule has 1 unspecified atom stereocenters. The van der Waals surface area contributed by atoms with E-state index in [1.807, 2.05) is 25.7 Å². The zero-order chi connectivity index (χ0) is 15.5. The van der Waals surface area contributed by atoms with Gasteiger partial charge in [-0.2, -0.15) is 0 Å². The van der Waals surface area contributed by atoms with Crippen LogP contribution in [0.1, 0.15) is 33.6 Å². The molecule has 1 fully saturated rings. The number of hydrogen-bond donors (Lipinski definition) is 0. The third-order valence-electron chi connectivity index (χ3n) is 3.41. The second-order valence-electron chi connectivity index (χ2n) is 6.25. The molecule has 1 atom stereocenters. The van der Waals surface area contributed by atoms with Crippen molar-refractivity contribution >= 4 is 5.91 Å². The van der Waals surface area contributed by atoms with E-state index in [2.05, 4.69) is 9.97 Å². The van der Waals surface area contributed by atoms with Crippen LogP contribution in [0.5, 0.6) is 11.8 Å². The predicted molar refractivity (Wildman–Crippen MR) is 78.3 cm³/mol. The van der Waals surface area contributed by atoms with Crippen LogP contribution in [-0.4, -0.2) is 47.1 Å². The lowest BCUT2D eigenvalue weighted by atomic mass is 9.93. The zero-order valence-corrected chi connectivity index (χ0v) is 13.1. The van der Waals surface area contributed by atoms with Crippen LogP contribution in [0.25, 0.3) is 0 Å². The summed E-state index contributed by atoms with van der Waals surface area (Å²) < 4.78 is 11.0. The fraction of sp³-hybridized carbons (Fsp3) is 0.667. The van der Waals surface area contributed by atoms with E-state index in [1.165, 1.54) is 7.11 Å². The molecule has 0 aliphatic carbocycles. The summed E-state index contributed by atoms with van der Waals surface area (Å²) in [6.45, 7) is 7.17. The fourth-order valence-electron chi connectivity index (χ4n) is 2.38. The van der Waals surface area contributed by atoms with Crippen molar-refractivity contribution in [3.8, 4) is 11.8 Å². The molecule has 0 N–H and O–H groups in total. The summed E-state index contributed by atoms with van der Waals surface area (Å²) in [7, 11) is 1.53. The van der Waals surface area contributed by atoms with Gasteiger partial charge >= 0.3 is 0 Å². The van der Waals surface area contributed by atoms with Crippen LogP contribution >= 0.6 is 0 Å². The molecule has 6 nitrogen and oxygen atoms in total. The highest BCUT2D eigenvalue weighted by Crippen LogP contribution is 2.26. The molecule has 0 radical (unpaired) electrons. The van der Waals surface area contributed by atoms with Crippen molar-refractivity contribution in [2.24, 2.45) is 5.41 Å². The molecular weight excluding hydrogens is 270 g/mol. The maximum Gasteiger partial charge on any atom is 0.278 e. The van der Waals surface area contributed by atoms with Crippen LogP contribution in [0.15, 0.2) is 12.4 Å². The number of nitrogens with zero attached hydrogens (tertiary/aromatic N) is 3. The first-order valence-corrected chi connectivity index (χ1v) is 7.23. The number of aromatic nitrogens is 2. The van der Waals surface area contributed by atoms with Crippen LogP contribution in [-0.2, 0) is 4.79 Å². The Morgan fingerprint density at radius 3 is 2.57 bits per heavy atom. The second kappa shape index (κ2) is 6.28. The van der Waals surface area contributed by atoms with Gasteiger partial charge in [0.1, 0.15) is 6.10 Å². The van der Waals surface area contributed by atoms with Crippen molar-refractivity contribution in [2.45, 2.75) is 39.7 Å². The molecule has 1 aromatic rings. The number of piperidine rings is 1. The molecule has 0 saturated carbocycles. The minimum absolute atomic E-state index is 0.0735. The Morgan fingerprint density at radius 1 is 1.29 bits per heavy atom. The Morgan fingerprint density at radius 2 is 1.95 bits per heavy atom. The zero-order valence-electron chi connectivity index (χ0n) is 13.1. The molecule has 2 rings (SSSR count). The average Bonchev–Trinajstić information content (AvgIpc) is 2.46. The van der Waals surface area contributed by atoms with Crippen molar-refractivity contribution in [3.05, 3.63) is 12.4 Å².